The highest BCUT2D eigenvalue weighted by Gasteiger charge is 2.09. The highest BCUT2D eigenvalue weighted by Crippen LogP contribution is 2.10. The van der Waals surface area contributed by atoms with Gasteiger partial charge in [0.25, 0.3) is 5.91 Å². The predicted molar refractivity (Wildman–Crippen MR) is 120 cm³/mol. The van der Waals surface area contributed by atoms with E-state index in [-0.39, 0.29) is 5.91 Å². The number of carbonyl (C=O) groups is 1. The Morgan fingerprint density at radius 2 is 1.79 bits per heavy atom. The lowest BCUT2D eigenvalue weighted by molar-refractivity contribution is 0.0951. The third-order valence-electron chi connectivity index (χ3n) is 4.73. The lowest BCUT2D eigenvalue weighted by Crippen LogP contribution is -2.38. The molecule has 6 nitrogen and oxygen atoms in total. The summed E-state index contributed by atoms with van der Waals surface area (Å²) in [6, 6.07) is 16.1. The van der Waals surface area contributed by atoms with Gasteiger partial charge in [0.1, 0.15) is 0 Å². The number of amides is 1. The van der Waals surface area contributed by atoms with Gasteiger partial charge < -0.3 is 20.4 Å². The molecule has 0 aliphatic rings. The van der Waals surface area contributed by atoms with Crippen molar-refractivity contribution >= 4 is 11.9 Å². The molecule has 156 valence electrons. The largest absolute Gasteiger partial charge is 0.352 e. The van der Waals surface area contributed by atoms with E-state index < -0.39 is 0 Å². The second kappa shape index (κ2) is 11.2. The summed E-state index contributed by atoms with van der Waals surface area (Å²) >= 11 is 0. The average molecular weight is 396 g/mol. The maximum absolute atomic E-state index is 12.3. The van der Waals surface area contributed by atoms with Crippen molar-refractivity contribution in [2.45, 2.75) is 20.0 Å². The molecule has 2 N–H and O–H groups in total. The van der Waals surface area contributed by atoms with Crippen molar-refractivity contribution in [1.82, 2.24) is 20.4 Å². The highest BCUT2D eigenvalue weighted by atomic mass is 16.1. The number of likely N-dealkylation sites (N-methyl/N-ethyl adjacent to an activating group) is 1. The number of nitrogens with zero attached hydrogens (tertiary/aromatic N) is 3. The number of guanidine groups is 1. The molecule has 0 aliphatic heterocycles. The zero-order valence-corrected chi connectivity index (χ0v) is 18.2. The van der Waals surface area contributed by atoms with Gasteiger partial charge in [-0.2, -0.15) is 0 Å². The van der Waals surface area contributed by atoms with Gasteiger partial charge in [0.15, 0.2) is 5.96 Å². The molecule has 2 rings (SSSR count). The van der Waals surface area contributed by atoms with Crippen LogP contribution in [0.2, 0.25) is 0 Å². The molecule has 0 spiro atoms. The van der Waals surface area contributed by atoms with Crippen LogP contribution in [-0.4, -0.2) is 62.9 Å². The summed E-state index contributed by atoms with van der Waals surface area (Å²) in [5, 5.41) is 6.34. The molecule has 2 aromatic carbocycles. The topological polar surface area (TPSA) is 60.0 Å². The minimum absolute atomic E-state index is 0.0465. The van der Waals surface area contributed by atoms with Gasteiger partial charge in [-0.25, -0.2) is 0 Å². The molecule has 0 saturated carbocycles. The number of benzene rings is 2. The summed E-state index contributed by atoms with van der Waals surface area (Å²) in [6.45, 7) is 4.94. The Kier molecular flexibility index (Phi) is 8.68. The summed E-state index contributed by atoms with van der Waals surface area (Å²) in [5.74, 6) is 0.767. The Morgan fingerprint density at radius 3 is 2.48 bits per heavy atom. The molecule has 2 aromatic rings. The lowest BCUT2D eigenvalue weighted by Gasteiger charge is -2.23. The van der Waals surface area contributed by atoms with Gasteiger partial charge in [-0.3, -0.25) is 9.79 Å². The molecule has 0 unspecified atom stereocenters. The van der Waals surface area contributed by atoms with E-state index in [1.54, 1.807) is 7.05 Å². The van der Waals surface area contributed by atoms with Crippen LogP contribution in [0.3, 0.4) is 0 Å². The summed E-state index contributed by atoms with van der Waals surface area (Å²) < 4.78 is 0. The fourth-order valence-electron chi connectivity index (χ4n) is 3.00. The quantitative estimate of drug-likeness (QED) is 0.533. The van der Waals surface area contributed by atoms with Crippen LogP contribution in [0.5, 0.6) is 0 Å². The minimum atomic E-state index is -0.0465. The first-order valence-corrected chi connectivity index (χ1v) is 9.89. The van der Waals surface area contributed by atoms with Crippen LogP contribution in [0.4, 0.5) is 0 Å². The fourth-order valence-corrected chi connectivity index (χ4v) is 3.00. The van der Waals surface area contributed by atoms with E-state index in [1.165, 1.54) is 11.1 Å². The minimum Gasteiger partial charge on any atom is -0.352 e. The molecular weight excluding hydrogens is 362 g/mol. The average Bonchev–Trinajstić information content (AvgIpc) is 2.70. The SMILES string of the molecule is CN=C(NCc1cccc(C(=O)NCCN(C)C)c1)N(C)Cc1ccccc1C. The van der Waals surface area contributed by atoms with Crippen LogP contribution in [0, 0.1) is 6.92 Å². The fraction of sp³-hybridized carbons (Fsp3) is 0.391. The van der Waals surface area contributed by atoms with Gasteiger partial charge in [-0.1, -0.05) is 36.4 Å². The van der Waals surface area contributed by atoms with Gasteiger partial charge in [-0.05, 0) is 49.8 Å². The number of hydrogen-bond donors (Lipinski definition) is 2. The Balaban J connectivity index is 1.93. The molecule has 0 bridgehead atoms. The first-order chi connectivity index (χ1) is 13.9. The normalized spacial score (nSPS) is 11.4. The van der Waals surface area contributed by atoms with Gasteiger partial charge in [0.2, 0.25) is 0 Å². The molecular formula is C23H33N5O. The van der Waals surface area contributed by atoms with E-state index in [2.05, 4.69) is 51.7 Å². The maximum Gasteiger partial charge on any atom is 0.251 e. The van der Waals surface area contributed by atoms with Crippen molar-refractivity contribution in [3.8, 4) is 0 Å². The van der Waals surface area contributed by atoms with E-state index in [0.29, 0.717) is 18.7 Å². The molecule has 6 heteroatoms. The monoisotopic (exact) mass is 395 g/mol. The van der Waals surface area contributed by atoms with Crippen LogP contribution in [0.15, 0.2) is 53.5 Å². The summed E-state index contributed by atoms with van der Waals surface area (Å²) in [6.07, 6.45) is 0. The zero-order valence-electron chi connectivity index (χ0n) is 18.2. The van der Waals surface area contributed by atoms with Crippen molar-refractivity contribution < 1.29 is 4.79 Å². The smallest absolute Gasteiger partial charge is 0.251 e. The van der Waals surface area contributed by atoms with Crippen LogP contribution in [0.1, 0.15) is 27.0 Å². The standard InChI is InChI=1S/C23H33N5O/c1-18-9-6-7-11-21(18)17-28(5)23(24-2)26-16-19-10-8-12-20(15-19)22(29)25-13-14-27(3)4/h6-12,15H,13-14,16-17H2,1-5H3,(H,24,26)(H,25,29). The van der Waals surface area contributed by atoms with Crippen LogP contribution in [-0.2, 0) is 13.1 Å². The molecule has 0 radical (unpaired) electrons. The van der Waals surface area contributed by atoms with E-state index in [9.17, 15) is 4.79 Å². The van der Waals surface area contributed by atoms with Crippen molar-refractivity contribution in [2.24, 2.45) is 4.99 Å². The second-order valence-electron chi connectivity index (χ2n) is 7.44. The number of nitrogens with one attached hydrogen (secondary N) is 2. The van der Waals surface area contributed by atoms with Gasteiger partial charge in [0, 0.05) is 45.8 Å². The summed E-state index contributed by atoms with van der Waals surface area (Å²) in [4.78, 5) is 20.9. The third-order valence-corrected chi connectivity index (χ3v) is 4.73. The summed E-state index contributed by atoms with van der Waals surface area (Å²) in [5.41, 5.74) is 4.25. The molecule has 0 aromatic heterocycles. The highest BCUT2D eigenvalue weighted by molar-refractivity contribution is 5.94. The Labute approximate surface area is 174 Å². The van der Waals surface area contributed by atoms with Crippen LogP contribution in [0.25, 0.3) is 0 Å². The molecule has 0 fully saturated rings. The Bertz CT molecular complexity index is 832. The van der Waals surface area contributed by atoms with Crippen LogP contribution < -0.4 is 10.6 Å². The van der Waals surface area contributed by atoms with Gasteiger partial charge in [-0.15, -0.1) is 0 Å². The zero-order chi connectivity index (χ0) is 21.2. The number of hydrogen-bond acceptors (Lipinski definition) is 3. The van der Waals surface area contributed by atoms with Crippen molar-refractivity contribution in [3.05, 3.63) is 70.8 Å². The number of rotatable bonds is 8. The number of aliphatic imine (C=N–C) groups is 1. The maximum atomic E-state index is 12.3. The first-order valence-electron chi connectivity index (χ1n) is 9.89. The molecule has 0 saturated heterocycles. The molecule has 0 aliphatic carbocycles. The number of carbonyl (C=O) groups excluding carboxylic acids is 1. The lowest BCUT2D eigenvalue weighted by atomic mass is 10.1. The summed E-state index contributed by atoms with van der Waals surface area (Å²) in [7, 11) is 7.78. The van der Waals surface area contributed by atoms with Crippen molar-refractivity contribution in [3.63, 3.8) is 0 Å². The Hall–Kier alpha value is -2.86. The Morgan fingerprint density at radius 1 is 1.03 bits per heavy atom. The second-order valence-corrected chi connectivity index (χ2v) is 7.44. The van der Waals surface area contributed by atoms with Gasteiger partial charge in [0.05, 0.1) is 0 Å². The van der Waals surface area contributed by atoms with E-state index in [0.717, 1.165) is 24.6 Å². The molecule has 0 heterocycles. The van der Waals surface area contributed by atoms with Crippen LogP contribution >= 0.6 is 0 Å². The number of aryl methyl sites for hydroxylation is 1. The van der Waals surface area contributed by atoms with E-state index in [4.69, 9.17) is 0 Å². The van der Waals surface area contributed by atoms with Gasteiger partial charge >= 0.3 is 0 Å². The van der Waals surface area contributed by atoms with Crippen molar-refractivity contribution in [2.75, 3.05) is 41.3 Å². The van der Waals surface area contributed by atoms with E-state index in [1.807, 2.05) is 50.3 Å². The molecule has 0 atom stereocenters. The third kappa shape index (κ3) is 7.23. The van der Waals surface area contributed by atoms with Crippen molar-refractivity contribution in [1.29, 1.82) is 0 Å². The molecule has 1 amide bonds. The first kappa shape index (κ1) is 22.4. The van der Waals surface area contributed by atoms with E-state index >= 15 is 0 Å². The molecule has 29 heavy (non-hydrogen) atoms. The predicted octanol–water partition coefficient (Wildman–Crippen LogP) is 2.49.